The van der Waals surface area contributed by atoms with Crippen molar-refractivity contribution in [2.45, 2.75) is 31.2 Å². The molecule has 2 unspecified atom stereocenters. The normalized spacial score (nSPS) is 28.1. The van der Waals surface area contributed by atoms with Gasteiger partial charge in [-0.15, -0.1) is 12.4 Å². The number of phenolic OH excluding ortho intramolecular Hbond substituents is 1. The van der Waals surface area contributed by atoms with Gasteiger partial charge in [-0.3, -0.25) is 0 Å². The van der Waals surface area contributed by atoms with Crippen LogP contribution in [0.2, 0.25) is 0 Å². The molecular weight excluding hydrogens is 222 g/mol. The van der Waals surface area contributed by atoms with Crippen LogP contribution in [0.1, 0.15) is 29.9 Å². The summed E-state index contributed by atoms with van der Waals surface area (Å²) in [6.45, 7) is 1.20. The van der Waals surface area contributed by atoms with Crippen LogP contribution in [0.4, 0.5) is 0 Å². The highest BCUT2D eigenvalue weighted by Crippen LogP contribution is 2.40. The zero-order chi connectivity index (χ0) is 10.4. The van der Waals surface area contributed by atoms with E-state index in [0.717, 1.165) is 12.5 Å². The van der Waals surface area contributed by atoms with Crippen LogP contribution in [0.15, 0.2) is 18.2 Å². The van der Waals surface area contributed by atoms with Crippen molar-refractivity contribution in [1.82, 2.24) is 4.90 Å². The highest BCUT2D eigenvalue weighted by atomic mass is 35.5. The monoisotopic (exact) mass is 239 g/mol. The van der Waals surface area contributed by atoms with Crippen molar-refractivity contribution in [2.75, 3.05) is 13.6 Å². The predicted octanol–water partition coefficient (Wildman–Crippen LogP) is 2.55. The molecule has 2 nitrogen and oxygen atoms in total. The van der Waals surface area contributed by atoms with Crippen LogP contribution in [-0.4, -0.2) is 29.6 Å². The Morgan fingerprint density at radius 3 is 3.00 bits per heavy atom. The van der Waals surface area contributed by atoms with Crippen LogP contribution in [0.5, 0.6) is 5.75 Å². The summed E-state index contributed by atoms with van der Waals surface area (Å²) in [6, 6.07) is 6.62. The zero-order valence-corrected chi connectivity index (χ0v) is 10.3. The molecule has 2 aliphatic rings. The van der Waals surface area contributed by atoms with Crippen molar-refractivity contribution < 1.29 is 5.11 Å². The molecule has 1 fully saturated rings. The first kappa shape index (κ1) is 11.7. The smallest absolute Gasteiger partial charge is 0.115 e. The number of likely N-dealkylation sites (tertiary alicyclic amines) is 1. The van der Waals surface area contributed by atoms with Gasteiger partial charge in [0.15, 0.2) is 0 Å². The molecule has 0 spiro atoms. The molecule has 1 saturated heterocycles. The third-order valence-corrected chi connectivity index (χ3v) is 4.04. The molecule has 3 heteroatoms. The third kappa shape index (κ3) is 1.80. The summed E-state index contributed by atoms with van der Waals surface area (Å²) in [6.07, 6.45) is 3.67. The van der Waals surface area contributed by atoms with Crippen molar-refractivity contribution in [3.05, 3.63) is 29.3 Å². The lowest BCUT2D eigenvalue weighted by atomic mass is 9.75. The molecule has 3 rings (SSSR count). The Balaban J connectivity index is 0.000000963. The highest BCUT2D eigenvalue weighted by molar-refractivity contribution is 5.85. The van der Waals surface area contributed by atoms with Gasteiger partial charge in [0.2, 0.25) is 0 Å². The van der Waals surface area contributed by atoms with E-state index in [0.29, 0.717) is 11.7 Å². The summed E-state index contributed by atoms with van der Waals surface area (Å²) in [5.74, 6) is 1.10. The van der Waals surface area contributed by atoms with Gasteiger partial charge in [0, 0.05) is 6.04 Å². The molecule has 88 valence electrons. The highest BCUT2D eigenvalue weighted by Gasteiger charge is 2.33. The Labute approximate surface area is 103 Å². The summed E-state index contributed by atoms with van der Waals surface area (Å²) in [7, 11) is 2.23. The maximum atomic E-state index is 9.53. The number of hydrogen-bond acceptors (Lipinski definition) is 2. The van der Waals surface area contributed by atoms with E-state index in [1.54, 1.807) is 0 Å². The zero-order valence-electron chi connectivity index (χ0n) is 9.52. The summed E-state index contributed by atoms with van der Waals surface area (Å²) in [5, 5.41) is 9.53. The van der Waals surface area contributed by atoms with E-state index >= 15 is 0 Å². The summed E-state index contributed by atoms with van der Waals surface area (Å²) < 4.78 is 0. The summed E-state index contributed by atoms with van der Waals surface area (Å²) >= 11 is 0. The van der Waals surface area contributed by atoms with Crippen molar-refractivity contribution in [3.63, 3.8) is 0 Å². The van der Waals surface area contributed by atoms with Crippen molar-refractivity contribution in [1.29, 1.82) is 0 Å². The summed E-state index contributed by atoms with van der Waals surface area (Å²) in [4.78, 5) is 2.48. The Morgan fingerprint density at radius 1 is 1.38 bits per heavy atom. The van der Waals surface area contributed by atoms with E-state index in [-0.39, 0.29) is 12.4 Å². The van der Waals surface area contributed by atoms with Gasteiger partial charge in [0.1, 0.15) is 5.75 Å². The van der Waals surface area contributed by atoms with E-state index in [1.807, 2.05) is 12.1 Å². The largest absolute Gasteiger partial charge is 0.508 e. The van der Waals surface area contributed by atoms with Gasteiger partial charge in [-0.25, -0.2) is 0 Å². The van der Waals surface area contributed by atoms with Crippen molar-refractivity contribution >= 4 is 12.4 Å². The molecule has 1 N–H and O–H groups in total. The van der Waals surface area contributed by atoms with Crippen LogP contribution in [0.25, 0.3) is 0 Å². The molecule has 0 amide bonds. The molecule has 2 atom stereocenters. The maximum absolute atomic E-state index is 9.53. The molecule has 1 aromatic rings. The maximum Gasteiger partial charge on any atom is 0.115 e. The van der Waals surface area contributed by atoms with Gasteiger partial charge in [-0.05, 0) is 62.0 Å². The van der Waals surface area contributed by atoms with Crippen LogP contribution in [-0.2, 0) is 6.42 Å². The molecule has 0 saturated carbocycles. The molecule has 1 heterocycles. The fourth-order valence-corrected chi connectivity index (χ4v) is 3.09. The Hall–Kier alpha value is -0.730. The molecule has 16 heavy (non-hydrogen) atoms. The standard InChI is InChI=1S/C13H17NO.ClH/c1-14-5-4-10-7-11(14)6-9-2-3-12(15)8-13(9)10;/h2-3,8,10-11,15H,4-7H2,1H3;1H. The van der Waals surface area contributed by atoms with Gasteiger partial charge < -0.3 is 10.0 Å². The van der Waals surface area contributed by atoms with Gasteiger partial charge in [-0.2, -0.15) is 0 Å². The SMILES string of the molecule is CN1CCC2CC1Cc1ccc(O)cc12.Cl. The van der Waals surface area contributed by atoms with E-state index in [9.17, 15) is 5.11 Å². The van der Waals surface area contributed by atoms with Crippen LogP contribution in [0.3, 0.4) is 0 Å². The van der Waals surface area contributed by atoms with E-state index < -0.39 is 0 Å². The molecule has 1 aliphatic carbocycles. The number of nitrogens with zero attached hydrogens (tertiary/aromatic N) is 1. The lowest BCUT2D eigenvalue weighted by Gasteiger charge is -2.42. The first-order valence-corrected chi connectivity index (χ1v) is 5.76. The molecule has 1 aliphatic heterocycles. The number of aromatic hydroxyl groups is 1. The molecule has 0 radical (unpaired) electrons. The molecule has 2 bridgehead atoms. The van der Waals surface area contributed by atoms with Crippen LogP contribution < -0.4 is 0 Å². The second-order valence-corrected chi connectivity index (χ2v) is 4.94. The fourth-order valence-electron chi connectivity index (χ4n) is 3.09. The number of fused-ring (bicyclic) bond motifs is 4. The van der Waals surface area contributed by atoms with E-state index in [1.165, 1.54) is 30.5 Å². The fraction of sp³-hybridized carbons (Fsp3) is 0.538. The number of phenols is 1. The Kier molecular flexibility index (Phi) is 3.13. The second-order valence-electron chi connectivity index (χ2n) is 4.94. The minimum Gasteiger partial charge on any atom is -0.508 e. The average Bonchev–Trinajstić information content (AvgIpc) is 2.24. The number of hydrogen-bond donors (Lipinski definition) is 1. The minimum absolute atomic E-state index is 0. The lowest BCUT2D eigenvalue weighted by Crippen LogP contribution is -2.43. The van der Waals surface area contributed by atoms with Crippen molar-refractivity contribution in [3.8, 4) is 5.75 Å². The molecule has 1 aromatic carbocycles. The van der Waals surface area contributed by atoms with Gasteiger partial charge in [0.05, 0.1) is 0 Å². The number of likely N-dealkylation sites (N-methyl/N-ethyl adjacent to an activating group) is 1. The van der Waals surface area contributed by atoms with Crippen LogP contribution >= 0.6 is 12.4 Å². The Morgan fingerprint density at radius 2 is 2.19 bits per heavy atom. The van der Waals surface area contributed by atoms with Gasteiger partial charge in [0.25, 0.3) is 0 Å². The topological polar surface area (TPSA) is 23.5 Å². The van der Waals surface area contributed by atoms with E-state index in [2.05, 4.69) is 18.0 Å². The quantitative estimate of drug-likeness (QED) is 0.752. The second kappa shape index (κ2) is 4.27. The minimum atomic E-state index is 0. The lowest BCUT2D eigenvalue weighted by molar-refractivity contribution is 0.157. The molecular formula is C13H18ClNO. The predicted molar refractivity (Wildman–Crippen MR) is 67.5 cm³/mol. The Bertz CT molecular complexity index is 394. The number of piperidine rings is 1. The number of benzene rings is 1. The first-order chi connectivity index (χ1) is 7.24. The third-order valence-electron chi connectivity index (χ3n) is 4.04. The average molecular weight is 240 g/mol. The number of rotatable bonds is 0. The van der Waals surface area contributed by atoms with Gasteiger partial charge in [-0.1, -0.05) is 6.07 Å². The van der Waals surface area contributed by atoms with Gasteiger partial charge >= 0.3 is 0 Å². The first-order valence-electron chi connectivity index (χ1n) is 5.76. The molecule has 0 aromatic heterocycles. The van der Waals surface area contributed by atoms with Crippen molar-refractivity contribution in [2.24, 2.45) is 0 Å². The summed E-state index contributed by atoms with van der Waals surface area (Å²) in [5.41, 5.74) is 2.85. The van der Waals surface area contributed by atoms with E-state index in [4.69, 9.17) is 0 Å². The van der Waals surface area contributed by atoms with Crippen LogP contribution in [0, 0.1) is 0 Å². The number of halogens is 1.